The van der Waals surface area contributed by atoms with Gasteiger partial charge in [0.2, 0.25) is 0 Å². The number of benzene rings is 1. The first-order valence-corrected chi connectivity index (χ1v) is 9.37. The van der Waals surface area contributed by atoms with Crippen molar-refractivity contribution in [2.24, 2.45) is 4.99 Å². The van der Waals surface area contributed by atoms with Gasteiger partial charge in [-0.3, -0.25) is 4.99 Å². The molecule has 2 heterocycles. The number of aliphatic imine (C=N–C) groups is 1. The van der Waals surface area contributed by atoms with Crippen LogP contribution in [0.4, 0.5) is 0 Å². The molecule has 0 saturated heterocycles. The Balaban J connectivity index is 0.00000225. The number of nitrogens with zero attached hydrogens (tertiary/aromatic N) is 2. The zero-order valence-electron chi connectivity index (χ0n) is 14.0. The van der Waals surface area contributed by atoms with Crippen molar-refractivity contribution in [1.29, 1.82) is 0 Å². The molecule has 0 bridgehead atoms. The highest BCUT2D eigenvalue weighted by Crippen LogP contribution is 2.29. The molecule has 3 N–H and O–H groups in total. The predicted octanol–water partition coefficient (Wildman–Crippen LogP) is 3.68. The van der Waals surface area contributed by atoms with Crippen LogP contribution in [0.3, 0.4) is 0 Å². The fourth-order valence-electron chi connectivity index (χ4n) is 2.34. The summed E-state index contributed by atoms with van der Waals surface area (Å²) in [5, 5.41) is 18.0. The Bertz CT molecular complexity index is 813. The lowest BCUT2D eigenvalue weighted by atomic mass is 10.2. The molecule has 2 aromatic heterocycles. The lowest BCUT2D eigenvalue weighted by Crippen LogP contribution is -2.38. The quantitative estimate of drug-likeness (QED) is 0.291. The van der Waals surface area contributed by atoms with E-state index < -0.39 is 6.10 Å². The fourth-order valence-corrected chi connectivity index (χ4v) is 4.11. The van der Waals surface area contributed by atoms with Gasteiger partial charge < -0.3 is 15.7 Å². The van der Waals surface area contributed by atoms with E-state index in [-0.39, 0.29) is 24.0 Å². The van der Waals surface area contributed by atoms with Crippen LogP contribution in [0.5, 0.6) is 0 Å². The summed E-state index contributed by atoms with van der Waals surface area (Å²) in [7, 11) is 1.72. The minimum atomic E-state index is -0.564. The highest BCUT2D eigenvalue weighted by molar-refractivity contribution is 14.0. The van der Waals surface area contributed by atoms with Crippen molar-refractivity contribution in [1.82, 2.24) is 15.6 Å². The van der Waals surface area contributed by atoms with Crippen molar-refractivity contribution in [3.63, 3.8) is 0 Å². The highest BCUT2D eigenvalue weighted by Gasteiger charge is 2.12. The third-order valence-corrected chi connectivity index (χ3v) is 5.87. The molecule has 0 aliphatic heterocycles. The van der Waals surface area contributed by atoms with Crippen LogP contribution in [0.25, 0.3) is 10.1 Å². The predicted molar refractivity (Wildman–Crippen MR) is 117 cm³/mol. The summed E-state index contributed by atoms with van der Waals surface area (Å²) in [5.74, 6) is 0.669. The van der Waals surface area contributed by atoms with Crippen molar-refractivity contribution in [2.75, 3.05) is 13.6 Å². The van der Waals surface area contributed by atoms with E-state index in [0.717, 1.165) is 10.6 Å². The number of thiazole rings is 1. The molecule has 134 valence electrons. The van der Waals surface area contributed by atoms with E-state index in [1.165, 1.54) is 15.0 Å². The molecule has 3 aromatic rings. The summed E-state index contributed by atoms with van der Waals surface area (Å²) in [5.41, 5.74) is 2.88. The average molecular weight is 488 g/mol. The summed E-state index contributed by atoms with van der Waals surface area (Å²) >= 11 is 3.24. The van der Waals surface area contributed by atoms with Gasteiger partial charge in [0.15, 0.2) is 5.96 Å². The van der Waals surface area contributed by atoms with E-state index >= 15 is 0 Å². The van der Waals surface area contributed by atoms with Crippen LogP contribution in [-0.2, 0) is 6.54 Å². The Hall–Kier alpha value is -1.23. The molecule has 0 aliphatic rings. The molecule has 1 aromatic carbocycles. The van der Waals surface area contributed by atoms with Gasteiger partial charge in [-0.25, -0.2) is 4.98 Å². The minimum absolute atomic E-state index is 0. The molecule has 0 saturated carbocycles. The van der Waals surface area contributed by atoms with E-state index in [1.807, 2.05) is 30.6 Å². The van der Waals surface area contributed by atoms with Crippen molar-refractivity contribution >= 4 is 62.7 Å². The number of halogens is 1. The van der Waals surface area contributed by atoms with Gasteiger partial charge in [-0.1, -0.05) is 18.2 Å². The van der Waals surface area contributed by atoms with Gasteiger partial charge in [0.25, 0.3) is 0 Å². The summed E-state index contributed by atoms with van der Waals surface area (Å²) in [4.78, 5) is 10.6. The molecule has 0 amide bonds. The molecule has 0 aliphatic carbocycles. The lowest BCUT2D eigenvalue weighted by molar-refractivity contribution is 0.184. The molecule has 1 atom stereocenters. The number of nitrogens with one attached hydrogen (secondary N) is 2. The van der Waals surface area contributed by atoms with Gasteiger partial charge in [0.05, 0.1) is 17.7 Å². The Morgan fingerprint density at radius 3 is 2.80 bits per heavy atom. The molecule has 25 heavy (non-hydrogen) atoms. The summed E-state index contributed by atoms with van der Waals surface area (Å²) < 4.78 is 1.19. The minimum Gasteiger partial charge on any atom is -0.386 e. The first-order chi connectivity index (χ1) is 11.7. The topological polar surface area (TPSA) is 69.5 Å². The molecule has 1 unspecified atom stereocenters. The number of aliphatic hydroxyl groups is 1. The molecule has 3 rings (SSSR count). The maximum absolute atomic E-state index is 10.4. The first-order valence-electron chi connectivity index (χ1n) is 7.67. The SMILES string of the molecule is CN=C(NCc1scnc1C)NCC(O)c1cc2ccccc2s1.I. The molecule has 0 fully saturated rings. The van der Waals surface area contributed by atoms with Crippen LogP contribution >= 0.6 is 46.7 Å². The van der Waals surface area contributed by atoms with Crippen molar-refractivity contribution in [3.8, 4) is 0 Å². The summed E-state index contributed by atoms with van der Waals surface area (Å²) in [6.07, 6.45) is -0.564. The Morgan fingerprint density at radius 2 is 2.12 bits per heavy atom. The monoisotopic (exact) mass is 488 g/mol. The van der Waals surface area contributed by atoms with Gasteiger partial charge in [-0.05, 0) is 24.4 Å². The molecule has 8 heteroatoms. The highest BCUT2D eigenvalue weighted by atomic mass is 127. The number of guanidine groups is 1. The number of rotatable bonds is 5. The van der Waals surface area contributed by atoms with Gasteiger partial charge in [0, 0.05) is 28.0 Å². The van der Waals surface area contributed by atoms with E-state index in [9.17, 15) is 5.11 Å². The number of fused-ring (bicyclic) bond motifs is 1. The van der Waals surface area contributed by atoms with Crippen LogP contribution < -0.4 is 10.6 Å². The lowest BCUT2D eigenvalue weighted by Gasteiger charge is -2.14. The van der Waals surface area contributed by atoms with Crippen LogP contribution in [0, 0.1) is 6.92 Å². The largest absolute Gasteiger partial charge is 0.386 e. The second kappa shape index (κ2) is 9.46. The number of aryl methyl sites for hydroxylation is 1. The molecule has 5 nitrogen and oxygen atoms in total. The summed E-state index contributed by atoms with van der Waals surface area (Å²) in [6.45, 7) is 3.08. The molecular formula is C17H21IN4OS2. The van der Waals surface area contributed by atoms with E-state index in [2.05, 4.69) is 32.7 Å². The average Bonchev–Trinajstić information content (AvgIpc) is 3.20. The van der Waals surface area contributed by atoms with Gasteiger partial charge in [-0.2, -0.15) is 0 Å². The standard InChI is InChI=1S/C17H20N4OS2.HI/c1-11-16(23-10-21-11)9-20-17(18-2)19-8-13(22)15-7-12-5-3-4-6-14(12)24-15;/h3-7,10,13,22H,8-9H2,1-2H3,(H2,18,19,20);1H. The third kappa shape index (κ3) is 5.13. The maximum atomic E-state index is 10.4. The van der Waals surface area contributed by atoms with Gasteiger partial charge in [-0.15, -0.1) is 46.7 Å². The van der Waals surface area contributed by atoms with Gasteiger partial charge in [0.1, 0.15) is 6.10 Å². The number of aromatic nitrogens is 1. The first kappa shape index (κ1) is 20.1. The normalized spacial score (nSPS) is 12.7. The molecular weight excluding hydrogens is 467 g/mol. The fraction of sp³-hybridized carbons (Fsp3) is 0.294. The number of hydrogen-bond acceptors (Lipinski definition) is 5. The zero-order chi connectivity index (χ0) is 16.9. The summed E-state index contributed by atoms with van der Waals surface area (Å²) in [6, 6.07) is 10.2. The maximum Gasteiger partial charge on any atom is 0.191 e. The molecule has 0 radical (unpaired) electrons. The second-order valence-corrected chi connectivity index (χ2v) is 7.42. The second-order valence-electron chi connectivity index (χ2n) is 5.37. The van der Waals surface area contributed by atoms with Crippen LogP contribution in [0.15, 0.2) is 40.8 Å². The van der Waals surface area contributed by atoms with Crippen LogP contribution in [0.2, 0.25) is 0 Å². The Kier molecular flexibility index (Phi) is 7.60. The van der Waals surface area contributed by atoms with E-state index in [4.69, 9.17) is 0 Å². The number of hydrogen-bond donors (Lipinski definition) is 3. The van der Waals surface area contributed by atoms with Crippen LogP contribution in [-0.4, -0.2) is 29.6 Å². The third-order valence-electron chi connectivity index (χ3n) is 3.72. The zero-order valence-corrected chi connectivity index (χ0v) is 18.0. The van der Waals surface area contributed by atoms with Gasteiger partial charge >= 0.3 is 0 Å². The Morgan fingerprint density at radius 1 is 1.32 bits per heavy atom. The van der Waals surface area contributed by atoms with Crippen molar-refractivity contribution in [3.05, 3.63) is 51.3 Å². The van der Waals surface area contributed by atoms with Crippen molar-refractivity contribution < 1.29 is 5.11 Å². The van der Waals surface area contributed by atoms with Crippen molar-refractivity contribution in [2.45, 2.75) is 19.6 Å². The number of aliphatic hydroxyl groups excluding tert-OH is 1. The Labute approximate surface area is 172 Å². The smallest absolute Gasteiger partial charge is 0.191 e. The number of thiophene rings is 1. The molecule has 0 spiro atoms. The van der Waals surface area contributed by atoms with E-state index in [1.54, 1.807) is 29.7 Å². The van der Waals surface area contributed by atoms with E-state index in [0.29, 0.717) is 19.0 Å². The van der Waals surface area contributed by atoms with Crippen LogP contribution in [0.1, 0.15) is 21.6 Å².